The molecule has 3 N–H and O–H groups in total. The van der Waals surface area contributed by atoms with Gasteiger partial charge in [-0.1, -0.05) is 59.6 Å². The van der Waals surface area contributed by atoms with Crippen LogP contribution >= 0.6 is 23.2 Å². The molecule has 0 saturated heterocycles. The molecular formula is C30H29Cl2N5O5. The summed E-state index contributed by atoms with van der Waals surface area (Å²) in [6.07, 6.45) is 3.94. The maximum atomic E-state index is 13.0. The Morgan fingerprint density at radius 3 is 2.55 bits per heavy atom. The van der Waals surface area contributed by atoms with Gasteiger partial charge in [0.15, 0.2) is 11.5 Å². The van der Waals surface area contributed by atoms with Crippen LogP contribution in [-0.2, 0) is 29.2 Å². The Labute approximate surface area is 253 Å². The summed E-state index contributed by atoms with van der Waals surface area (Å²) < 4.78 is 16.9. The molecule has 0 bridgehead atoms. The molecule has 1 heterocycles. The highest BCUT2D eigenvalue weighted by Crippen LogP contribution is 2.30. The molecule has 12 heteroatoms. The molecule has 0 saturated carbocycles. The number of benzene rings is 3. The minimum Gasteiger partial charge on any atom is -0.490 e. The van der Waals surface area contributed by atoms with E-state index in [0.29, 0.717) is 39.4 Å². The lowest BCUT2D eigenvalue weighted by molar-refractivity contribution is -0.123. The topological polar surface area (TPSA) is 127 Å². The van der Waals surface area contributed by atoms with Crippen molar-refractivity contribution in [3.05, 3.63) is 112 Å². The third-order valence-corrected chi connectivity index (χ3v) is 6.57. The number of hydrazone groups is 1. The number of ether oxygens (including phenoxy) is 3. The van der Waals surface area contributed by atoms with Crippen molar-refractivity contribution in [1.82, 2.24) is 20.7 Å². The van der Waals surface area contributed by atoms with E-state index in [9.17, 15) is 9.59 Å². The summed E-state index contributed by atoms with van der Waals surface area (Å²) in [5.41, 5.74) is 5.46. The fourth-order valence-corrected chi connectivity index (χ4v) is 4.08. The SMILES string of the molecule is CCOc1cc(/C=N\NC(=O)[C@@H](Cc2cnc[nH]2)NC(=O)OCc2ccccc2)ccc1OCc1ccc(Cl)c(Cl)c1. The van der Waals surface area contributed by atoms with E-state index in [0.717, 1.165) is 11.1 Å². The lowest BCUT2D eigenvalue weighted by Gasteiger charge is -2.16. The molecule has 0 aliphatic rings. The standard InChI is InChI=1S/C30H29Cl2N5O5/c1-2-40-28-13-21(9-11-27(28)41-18-22-8-10-24(31)25(32)12-22)15-35-37-29(38)26(14-23-16-33-19-34-23)36-30(39)42-17-20-6-4-3-5-7-20/h3-13,15-16,19,26H,2,14,17-18H2,1H3,(H,33,34)(H,36,39)(H,37,38)/b35-15-/t26-/m1/s1. The van der Waals surface area contributed by atoms with Crippen molar-refractivity contribution in [2.24, 2.45) is 5.10 Å². The first kappa shape index (κ1) is 30.4. The van der Waals surface area contributed by atoms with Crippen molar-refractivity contribution in [3.63, 3.8) is 0 Å². The van der Waals surface area contributed by atoms with Crippen molar-refractivity contribution in [2.45, 2.75) is 32.6 Å². The maximum Gasteiger partial charge on any atom is 0.408 e. The van der Waals surface area contributed by atoms with E-state index in [4.69, 9.17) is 37.4 Å². The van der Waals surface area contributed by atoms with Crippen LogP contribution < -0.4 is 20.2 Å². The number of hydrogen-bond acceptors (Lipinski definition) is 7. The Balaban J connectivity index is 1.37. The normalized spacial score (nSPS) is 11.6. The van der Waals surface area contributed by atoms with E-state index in [2.05, 4.69) is 25.8 Å². The number of halogens is 2. The number of H-pyrrole nitrogens is 1. The van der Waals surface area contributed by atoms with Gasteiger partial charge < -0.3 is 24.5 Å². The van der Waals surface area contributed by atoms with E-state index in [-0.39, 0.29) is 19.6 Å². The molecular weight excluding hydrogens is 581 g/mol. The van der Waals surface area contributed by atoms with E-state index in [1.54, 1.807) is 36.5 Å². The lowest BCUT2D eigenvalue weighted by Crippen LogP contribution is -2.47. The van der Waals surface area contributed by atoms with Crippen LogP contribution in [-0.4, -0.2) is 40.8 Å². The smallest absolute Gasteiger partial charge is 0.408 e. The summed E-state index contributed by atoms with van der Waals surface area (Å²) in [6.45, 7) is 2.61. The molecule has 0 aliphatic carbocycles. The molecule has 3 aromatic carbocycles. The first-order valence-electron chi connectivity index (χ1n) is 13.0. The molecule has 0 radical (unpaired) electrons. The van der Waals surface area contributed by atoms with Crippen molar-refractivity contribution in [1.29, 1.82) is 0 Å². The van der Waals surface area contributed by atoms with Gasteiger partial charge in [-0.25, -0.2) is 15.2 Å². The molecule has 1 atom stereocenters. The lowest BCUT2D eigenvalue weighted by atomic mass is 10.1. The molecule has 4 aromatic rings. The summed E-state index contributed by atoms with van der Waals surface area (Å²) in [6, 6.07) is 18.8. The molecule has 0 aliphatic heterocycles. The van der Waals surface area contributed by atoms with Crippen LogP contribution in [0.25, 0.3) is 0 Å². The Morgan fingerprint density at radius 1 is 0.976 bits per heavy atom. The molecule has 4 rings (SSSR count). The molecule has 0 fully saturated rings. The minimum absolute atomic E-state index is 0.0680. The van der Waals surface area contributed by atoms with Crippen LogP contribution in [0.3, 0.4) is 0 Å². The predicted octanol–water partition coefficient (Wildman–Crippen LogP) is 5.68. The highest BCUT2D eigenvalue weighted by atomic mass is 35.5. The second kappa shape index (κ2) is 15.5. The van der Waals surface area contributed by atoms with E-state index >= 15 is 0 Å². The average molecular weight is 610 g/mol. The molecule has 42 heavy (non-hydrogen) atoms. The third-order valence-electron chi connectivity index (χ3n) is 5.83. The Morgan fingerprint density at radius 2 is 1.81 bits per heavy atom. The number of nitrogens with zero attached hydrogens (tertiary/aromatic N) is 2. The zero-order chi connectivity index (χ0) is 29.7. The summed E-state index contributed by atoms with van der Waals surface area (Å²) >= 11 is 12.1. The highest BCUT2D eigenvalue weighted by molar-refractivity contribution is 6.42. The number of hydrogen-bond donors (Lipinski definition) is 3. The van der Waals surface area contributed by atoms with Crippen molar-refractivity contribution in [2.75, 3.05) is 6.61 Å². The van der Waals surface area contributed by atoms with E-state index in [1.807, 2.05) is 43.3 Å². The predicted molar refractivity (Wildman–Crippen MR) is 160 cm³/mol. The zero-order valence-electron chi connectivity index (χ0n) is 22.7. The van der Waals surface area contributed by atoms with Crippen molar-refractivity contribution >= 4 is 41.4 Å². The fourth-order valence-electron chi connectivity index (χ4n) is 3.76. The number of alkyl carbamates (subject to hydrolysis) is 1. The second-order valence-electron chi connectivity index (χ2n) is 8.95. The number of aromatic nitrogens is 2. The number of carbonyl (C=O) groups excluding carboxylic acids is 2. The highest BCUT2D eigenvalue weighted by Gasteiger charge is 2.22. The Bertz CT molecular complexity index is 1500. The van der Waals surface area contributed by atoms with Gasteiger partial charge in [0.05, 0.1) is 29.2 Å². The molecule has 0 spiro atoms. The van der Waals surface area contributed by atoms with Gasteiger partial charge in [0.1, 0.15) is 19.3 Å². The molecule has 1 aromatic heterocycles. The quantitative estimate of drug-likeness (QED) is 0.132. The zero-order valence-corrected chi connectivity index (χ0v) is 24.2. The monoisotopic (exact) mass is 609 g/mol. The van der Waals surface area contributed by atoms with Gasteiger partial charge in [-0.05, 0) is 53.9 Å². The second-order valence-corrected chi connectivity index (χ2v) is 9.76. The number of amides is 2. The van der Waals surface area contributed by atoms with E-state index in [1.165, 1.54) is 12.5 Å². The van der Waals surface area contributed by atoms with Crippen LogP contribution in [0.15, 0.2) is 84.4 Å². The van der Waals surface area contributed by atoms with Crippen molar-refractivity contribution in [3.8, 4) is 11.5 Å². The Hall–Kier alpha value is -4.54. The first-order chi connectivity index (χ1) is 20.4. The summed E-state index contributed by atoms with van der Waals surface area (Å²) in [7, 11) is 0. The van der Waals surface area contributed by atoms with Crippen LogP contribution in [0.2, 0.25) is 10.0 Å². The maximum absolute atomic E-state index is 13.0. The van der Waals surface area contributed by atoms with Crippen LogP contribution in [0.1, 0.15) is 29.3 Å². The average Bonchev–Trinajstić information content (AvgIpc) is 3.51. The number of rotatable bonds is 13. The number of imidazole rings is 1. The minimum atomic E-state index is -0.970. The molecule has 218 valence electrons. The summed E-state index contributed by atoms with van der Waals surface area (Å²) in [5, 5.41) is 7.58. The van der Waals surface area contributed by atoms with Gasteiger partial charge in [-0.15, -0.1) is 0 Å². The number of nitrogens with one attached hydrogen (secondary N) is 3. The third kappa shape index (κ3) is 9.25. The van der Waals surface area contributed by atoms with Gasteiger partial charge in [0, 0.05) is 18.3 Å². The Kier molecular flexibility index (Phi) is 11.2. The number of carbonyl (C=O) groups is 2. The van der Waals surface area contributed by atoms with Crippen LogP contribution in [0.5, 0.6) is 11.5 Å². The molecule has 2 amide bonds. The molecule has 10 nitrogen and oxygen atoms in total. The van der Waals surface area contributed by atoms with Gasteiger partial charge >= 0.3 is 6.09 Å². The van der Waals surface area contributed by atoms with E-state index < -0.39 is 18.0 Å². The summed E-state index contributed by atoms with van der Waals surface area (Å²) in [5.74, 6) is 0.499. The molecule has 0 unspecified atom stereocenters. The van der Waals surface area contributed by atoms with Crippen LogP contribution in [0.4, 0.5) is 4.79 Å². The van der Waals surface area contributed by atoms with Gasteiger partial charge in [0.25, 0.3) is 5.91 Å². The summed E-state index contributed by atoms with van der Waals surface area (Å²) in [4.78, 5) is 32.3. The van der Waals surface area contributed by atoms with Gasteiger partial charge in [0.2, 0.25) is 0 Å². The number of aromatic amines is 1. The first-order valence-corrected chi connectivity index (χ1v) is 13.8. The van der Waals surface area contributed by atoms with Gasteiger partial charge in [-0.2, -0.15) is 5.10 Å². The van der Waals surface area contributed by atoms with Crippen molar-refractivity contribution < 1.29 is 23.8 Å². The van der Waals surface area contributed by atoms with Crippen LogP contribution in [0, 0.1) is 0 Å². The fraction of sp³-hybridized carbons (Fsp3) is 0.200. The largest absolute Gasteiger partial charge is 0.490 e. The van der Waals surface area contributed by atoms with Gasteiger partial charge in [-0.3, -0.25) is 4.79 Å².